The van der Waals surface area contributed by atoms with E-state index in [1.54, 1.807) is 0 Å². The molecule has 0 aromatic heterocycles. The predicted molar refractivity (Wildman–Crippen MR) is 85.1 cm³/mol. The maximum Gasteiger partial charge on any atom is 0.251 e. The monoisotopic (exact) mass is 291 g/mol. The number of benzene rings is 1. The maximum atomic E-state index is 12.2. The van der Waals surface area contributed by atoms with Gasteiger partial charge in [-0.3, -0.25) is 9.69 Å². The molecule has 116 valence electrons. The van der Waals surface area contributed by atoms with Gasteiger partial charge < -0.3 is 15.0 Å². The fraction of sp³-hybridized carbons (Fsp3) is 0.562. The Bertz CT molecular complexity index is 482. The molecule has 0 spiro atoms. The third-order valence-electron chi connectivity index (χ3n) is 3.76. The molecule has 0 aliphatic carbocycles. The highest BCUT2D eigenvalue weighted by Gasteiger charge is 2.11. The smallest absolute Gasteiger partial charge is 0.251 e. The molecule has 0 saturated carbocycles. The molecule has 1 amide bonds. The predicted octanol–water partition coefficient (Wildman–Crippen LogP) is 1.12. The van der Waals surface area contributed by atoms with E-state index in [0.29, 0.717) is 6.54 Å². The van der Waals surface area contributed by atoms with E-state index in [2.05, 4.69) is 15.1 Å². The number of carbonyl (C=O) groups excluding carboxylic acids is 1. The summed E-state index contributed by atoms with van der Waals surface area (Å²) in [5.41, 5.74) is 2.97. The summed E-state index contributed by atoms with van der Waals surface area (Å²) >= 11 is 0. The summed E-state index contributed by atoms with van der Waals surface area (Å²) in [5.74, 6) is -0.00309. The van der Waals surface area contributed by atoms with Crippen LogP contribution in [0.2, 0.25) is 0 Å². The van der Waals surface area contributed by atoms with Crippen molar-refractivity contribution < 1.29 is 9.53 Å². The number of hydrogen-bond donors (Lipinski definition) is 1. The van der Waals surface area contributed by atoms with E-state index in [4.69, 9.17) is 4.74 Å². The van der Waals surface area contributed by atoms with E-state index in [0.717, 1.165) is 49.7 Å². The van der Waals surface area contributed by atoms with Gasteiger partial charge in [0.25, 0.3) is 5.91 Å². The molecule has 1 aromatic rings. The van der Waals surface area contributed by atoms with E-state index in [-0.39, 0.29) is 5.91 Å². The van der Waals surface area contributed by atoms with Crippen LogP contribution in [0, 0.1) is 6.92 Å². The van der Waals surface area contributed by atoms with Gasteiger partial charge in [-0.25, -0.2) is 0 Å². The number of morpholine rings is 1. The molecule has 1 aromatic carbocycles. The first kappa shape index (κ1) is 15.8. The van der Waals surface area contributed by atoms with Crippen LogP contribution in [0.3, 0.4) is 0 Å². The molecule has 2 rings (SSSR count). The molecule has 21 heavy (non-hydrogen) atoms. The summed E-state index contributed by atoms with van der Waals surface area (Å²) in [7, 11) is 4.01. The van der Waals surface area contributed by atoms with Crippen molar-refractivity contribution in [1.29, 1.82) is 0 Å². The molecule has 0 bridgehead atoms. The lowest BCUT2D eigenvalue weighted by atomic mass is 10.1. The second-order valence-corrected chi connectivity index (χ2v) is 5.61. The van der Waals surface area contributed by atoms with Gasteiger partial charge in [-0.05, 0) is 30.7 Å². The van der Waals surface area contributed by atoms with Gasteiger partial charge in [0, 0.05) is 51.5 Å². The SMILES string of the molecule is Cc1cc(C(=O)NCCN2CCOCC2)ccc1N(C)C. The number of amides is 1. The molecule has 1 aliphatic rings. The van der Waals surface area contributed by atoms with E-state index in [9.17, 15) is 4.79 Å². The molecule has 5 heteroatoms. The fourth-order valence-corrected chi connectivity index (χ4v) is 2.55. The van der Waals surface area contributed by atoms with Gasteiger partial charge in [-0.2, -0.15) is 0 Å². The van der Waals surface area contributed by atoms with Crippen LogP contribution >= 0.6 is 0 Å². The largest absolute Gasteiger partial charge is 0.379 e. The summed E-state index contributed by atoms with van der Waals surface area (Å²) in [4.78, 5) is 16.5. The Morgan fingerprint density at radius 2 is 2.05 bits per heavy atom. The molecule has 1 saturated heterocycles. The Morgan fingerprint density at radius 1 is 1.33 bits per heavy atom. The molecule has 1 aliphatic heterocycles. The van der Waals surface area contributed by atoms with Gasteiger partial charge in [-0.15, -0.1) is 0 Å². The number of ether oxygens (including phenoxy) is 1. The van der Waals surface area contributed by atoms with Crippen LogP contribution in [0.25, 0.3) is 0 Å². The number of hydrogen-bond acceptors (Lipinski definition) is 4. The Labute approximate surface area is 126 Å². The first-order valence-corrected chi connectivity index (χ1v) is 7.44. The van der Waals surface area contributed by atoms with Crippen molar-refractivity contribution in [2.75, 3.05) is 58.4 Å². The highest BCUT2D eigenvalue weighted by Crippen LogP contribution is 2.18. The normalized spacial score (nSPS) is 15.8. The first-order chi connectivity index (χ1) is 10.1. The van der Waals surface area contributed by atoms with Crippen molar-refractivity contribution in [3.8, 4) is 0 Å². The zero-order valence-electron chi connectivity index (χ0n) is 13.2. The van der Waals surface area contributed by atoms with Gasteiger partial charge in [0.2, 0.25) is 0 Å². The quantitative estimate of drug-likeness (QED) is 0.883. The van der Waals surface area contributed by atoms with Gasteiger partial charge in [0.1, 0.15) is 0 Å². The summed E-state index contributed by atoms with van der Waals surface area (Å²) in [5, 5.41) is 2.99. The highest BCUT2D eigenvalue weighted by atomic mass is 16.5. The van der Waals surface area contributed by atoms with Gasteiger partial charge >= 0.3 is 0 Å². The lowest BCUT2D eigenvalue weighted by Crippen LogP contribution is -2.41. The fourth-order valence-electron chi connectivity index (χ4n) is 2.55. The Hall–Kier alpha value is -1.59. The number of anilines is 1. The van der Waals surface area contributed by atoms with Crippen molar-refractivity contribution in [3.63, 3.8) is 0 Å². The van der Waals surface area contributed by atoms with E-state index in [1.165, 1.54) is 0 Å². The van der Waals surface area contributed by atoms with Crippen LogP contribution < -0.4 is 10.2 Å². The molecule has 1 N–H and O–H groups in total. The van der Waals surface area contributed by atoms with Crippen molar-refractivity contribution in [1.82, 2.24) is 10.2 Å². The molecular formula is C16H25N3O2. The minimum atomic E-state index is -0.00309. The van der Waals surface area contributed by atoms with Crippen LogP contribution in [0.15, 0.2) is 18.2 Å². The van der Waals surface area contributed by atoms with E-state index >= 15 is 0 Å². The highest BCUT2D eigenvalue weighted by molar-refractivity contribution is 5.94. The van der Waals surface area contributed by atoms with Gasteiger partial charge in [0.15, 0.2) is 0 Å². The zero-order chi connectivity index (χ0) is 15.2. The van der Waals surface area contributed by atoms with Gasteiger partial charge in [-0.1, -0.05) is 0 Å². The van der Waals surface area contributed by atoms with E-state index in [1.807, 2.05) is 39.2 Å². The third-order valence-corrected chi connectivity index (χ3v) is 3.76. The lowest BCUT2D eigenvalue weighted by molar-refractivity contribution is 0.0383. The molecule has 0 unspecified atom stereocenters. The number of rotatable bonds is 5. The third kappa shape index (κ3) is 4.44. The number of nitrogens with zero attached hydrogens (tertiary/aromatic N) is 2. The van der Waals surface area contributed by atoms with E-state index < -0.39 is 0 Å². The first-order valence-electron chi connectivity index (χ1n) is 7.44. The maximum absolute atomic E-state index is 12.2. The topological polar surface area (TPSA) is 44.8 Å². The molecule has 1 fully saturated rings. The minimum absolute atomic E-state index is 0.00309. The van der Waals surface area contributed by atoms with Crippen LogP contribution in [0.4, 0.5) is 5.69 Å². The van der Waals surface area contributed by atoms with Crippen LogP contribution in [-0.4, -0.2) is 64.3 Å². The van der Waals surface area contributed by atoms with Crippen LogP contribution in [-0.2, 0) is 4.74 Å². The standard InChI is InChI=1S/C16H25N3O2/c1-13-12-14(4-5-15(13)18(2)3)16(20)17-6-7-19-8-10-21-11-9-19/h4-5,12H,6-11H2,1-3H3,(H,17,20). The number of aryl methyl sites for hydroxylation is 1. The summed E-state index contributed by atoms with van der Waals surface area (Å²) in [6.45, 7) is 7.06. The molecule has 0 atom stereocenters. The number of nitrogens with one attached hydrogen (secondary N) is 1. The average molecular weight is 291 g/mol. The van der Waals surface area contributed by atoms with Crippen molar-refractivity contribution in [3.05, 3.63) is 29.3 Å². The van der Waals surface area contributed by atoms with Crippen molar-refractivity contribution >= 4 is 11.6 Å². The van der Waals surface area contributed by atoms with Crippen molar-refractivity contribution in [2.24, 2.45) is 0 Å². The zero-order valence-corrected chi connectivity index (χ0v) is 13.2. The van der Waals surface area contributed by atoms with Gasteiger partial charge in [0.05, 0.1) is 13.2 Å². The molecule has 0 radical (unpaired) electrons. The molecule has 1 heterocycles. The second-order valence-electron chi connectivity index (χ2n) is 5.61. The average Bonchev–Trinajstić information content (AvgIpc) is 2.47. The molecule has 5 nitrogen and oxygen atoms in total. The Balaban J connectivity index is 1.84. The van der Waals surface area contributed by atoms with Crippen LogP contribution in [0.1, 0.15) is 15.9 Å². The summed E-state index contributed by atoms with van der Waals surface area (Å²) in [6, 6.07) is 5.82. The summed E-state index contributed by atoms with van der Waals surface area (Å²) in [6.07, 6.45) is 0. The Morgan fingerprint density at radius 3 is 2.67 bits per heavy atom. The lowest BCUT2D eigenvalue weighted by Gasteiger charge is -2.26. The summed E-state index contributed by atoms with van der Waals surface area (Å²) < 4.78 is 5.31. The van der Waals surface area contributed by atoms with Crippen molar-refractivity contribution in [2.45, 2.75) is 6.92 Å². The minimum Gasteiger partial charge on any atom is -0.379 e. The molecular weight excluding hydrogens is 266 g/mol. The Kier molecular flexibility index (Phi) is 5.59. The second kappa shape index (κ2) is 7.43. The van der Waals surface area contributed by atoms with Crippen LogP contribution in [0.5, 0.6) is 0 Å². The number of carbonyl (C=O) groups is 1.